The fraction of sp³-hybridized carbons (Fsp3) is 0.200. The smallest absolute Gasteiger partial charge is 0.326 e. The minimum absolute atomic E-state index is 0.0123. The first-order valence-electron chi connectivity index (χ1n) is 8.50. The quantitative estimate of drug-likeness (QED) is 0.645. The van der Waals surface area contributed by atoms with Crippen LogP contribution in [0.15, 0.2) is 48.6 Å². The highest BCUT2D eigenvalue weighted by atomic mass is 35.5. The topological polar surface area (TPSA) is 78.4 Å². The van der Waals surface area contributed by atoms with Gasteiger partial charge in [0.1, 0.15) is 6.04 Å². The molecule has 1 heterocycles. The molecule has 4 rings (SSSR count). The molecule has 5 nitrogen and oxygen atoms in total. The standard InChI is InChI=1S/C20H16Cl2N2O3/c21-10-4-6-14(16(22)8-10)19(25)23-11-5-7-17-15(9-11)12-2-1-3-13(12)18(24-17)20(26)27/h1-2,4-9,12-13,18,24H,3H2,(H,23,25)(H,26,27)/t12-,13+,18-/m1/s1. The predicted molar refractivity (Wildman–Crippen MR) is 106 cm³/mol. The normalized spacial score (nSPS) is 22.5. The Kier molecular flexibility index (Phi) is 4.58. The van der Waals surface area contributed by atoms with Gasteiger partial charge in [-0.2, -0.15) is 0 Å². The second kappa shape index (κ2) is 6.91. The molecule has 0 radical (unpaired) electrons. The SMILES string of the molecule is O=C(Nc1ccc2c(c1)[C@@H]1C=CC[C@@H]1[C@H](C(=O)O)N2)c1ccc(Cl)cc1Cl. The summed E-state index contributed by atoms with van der Waals surface area (Å²) in [6.45, 7) is 0. The van der Waals surface area contributed by atoms with E-state index in [1.807, 2.05) is 18.2 Å². The Labute approximate surface area is 166 Å². The second-order valence-electron chi connectivity index (χ2n) is 6.69. The van der Waals surface area contributed by atoms with Gasteiger partial charge in [0, 0.05) is 28.2 Å². The molecule has 1 amide bonds. The van der Waals surface area contributed by atoms with Crippen LogP contribution in [0.5, 0.6) is 0 Å². The van der Waals surface area contributed by atoms with Crippen LogP contribution in [-0.4, -0.2) is 23.0 Å². The largest absolute Gasteiger partial charge is 0.480 e. The van der Waals surface area contributed by atoms with Gasteiger partial charge >= 0.3 is 5.97 Å². The van der Waals surface area contributed by atoms with Crippen molar-refractivity contribution in [1.29, 1.82) is 0 Å². The van der Waals surface area contributed by atoms with Crippen LogP contribution >= 0.6 is 23.2 Å². The van der Waals surface area contributed by atoms with Crippen molar-refractivity contribution in [3.05, 3.63) is 69.7 Å². The van der Waals surface area contributed by atoms with E-state index in [1.54, 1.807) is 24.3 Å². The summed E-state index contributed by atoms with van der Waals surface area (Å²) in [5, 5.41) is 16.2. The molecule has 1 aliphatic carbocycles. The maximum Gasteiger partial charge on any atom is 0.326 e. The van der Waals surface area contributed by atoms with E-state index < -0.39 is 12.0 Å². The minimum Gasteiger partial charge on any atom is -0.480 e. The zero-order valence-corrected chi connectivity index (χ0v) is 15.6. The third kappa shape index (κ3) is 3.29. The van der Waals surface area contributed by atoms with Gasteiger partial charge in [-0.05, 0) is 48.4 Å². The number of carbonyl (C=O) groups excluding carboxylic acids is 1. The summed E-state index contributed by atoms with van der Waals surface area (Å²) < 4.78 is 0. The van der Waals surface area contributed by atoms with Gasteiger partial charge in [-0.15, -0.1) is 0 Å². The number of anilines is 2. The summed E-state index contributed by atoms with van der Waals surface area (Å²) in [6, 6.07) is 9.51. The molecule has 2 aromatic carbocycles. The van der Waals surface area contributed by atoms with Gasteiger partial charge in [0.2, 0.25) is 0 Å². The van der Waals surface area contributed by atoms with Gasteiger partial charge in [0.25, 0.3) is 5.91 Å². The summed E-state index contributed by atoms with van der Waals surface area (Å²) in [4.78, 5) is 24.1. The highest BCUT2D eigenvalue weighted by Crippen LogP contribution is 2.45. The number of halogens is 2. The van der Waals surface area contributed by atoms with Crippen LogP contribution in [0.1, 0.15) is 28.3 Å². The van der Waals surface area contributed by atoms with E-state index in [-0.39, 0.29) is 22.8 Å². The number of nitrogens with one attached hydrogen (secondary N) is 2. The third-order valence-corrected chi connectivity index (χ3v) is 5.61. The lowest BCUT2D eigenvalue weighted by atomic mass is 9.79. The second-order valence-corrected chi connectivity index (χ2v) is 7.54. The molecule has 7 heteroatoms. The molecule has 3 atom stereocenters. The molecule has 3 N–H and O–H groups in total. The molecule has 1 aliphatic heterocycles. The van der Waals surface area contributed by atoms with Gasteiger partial charge in [-0.3, -0.25) is 4.79 Å². The molecule has 0 spiro atoms. The van der Waals surface area contributed by atoms with Gasteiger partial charge < -0.3 is 15.7 Å². The average molecular weight is 403 g/mol. The number of carboxylic acids is 1. The molecule has 2 aromatic rings. The van der Waals surface area contributed by atoms with Crippen LogP contribution < -0.4 is 10.6 Å². The van der Waals surface area contributed by atoms with Crippen molar-refractivity contribution in [3.63, 3.8) is 0 Å². The van der Waals surface area contributed by atoms with Crippen molar-refractivity contribution in [2.24, 2.45) is 5.92 Å². The summed E-state index contributed by atoms with van der Waals surface area (Å²) >= 11 is 12.0. The van der Waals surface area contributed by atoms with Crippen LogP contribution in [0.2, 0.25) is 10.0 Å². The van der Waals surface area contributed by atoms with Crippen LogP contribution in [-0.2, 0) is 4.79 Å². The Morgan fingerprint density at radius 3 is 2.70 bits per heavy atom. The Bertz CT molecular complexity index is 974. The molecule has 0 bridgehead atoms. The molecular weight excluding hydrogens is 387 g/mol. The molecule has 27 heavy (non-hydrogen) atoms. The number of fused-ring (bicyclic) bond motifs is 3. The van der Waals surface area contributed by atoms with Crippen LogP contribution in [0.25, 0.3) is 0 Å². The van der Waals surface area contributed by atoms with Gasteiger partial charge in [-0.25, -0.2) is 4.79 Å². The lowest BCUT2D eigenvalue weighted by molar-refractivity contribution is -0.139. The number of aliphatic carboxylic acids is 1. The summed E-state index contributed by atoms with van der Waals surface area (Å²) in [5.74, 6) is -1.21. The van der Waals surface area contributed by atoms with E-state index in [9.17, 15) is 14.7 Å². The van der Waals surface area contributed by atoms with E-state index in [0.717, 1.165) is 11.3 Å². The van der Waals surface area contributed by atoms with Crippen molar-refractivity contribution in [3.8, 4) is 0 Å². The Balaban J connectivity index is 1.62. The van der Waals surface area contributed by atoms with E-state index >= 15 is 0 Å². The number of benzene rings is 2. The lowest BCUT2D eigenvalue weighted by Gasteiger charge is -2.35. The maximum absolute atomic E-state index is 12.5. The van der Waals surface area contributed by atoms with E-state index in [0.29, 0.717) is 22.7 Å². The monoisotopic (exact) mass is 402 g/mol. The fourth-order valence-electron chi connectivity index (χ4n) is 3.79. The molecule has 2 aliphatic rings. The van der Waals surface area contributed by atoms with Crippen LogP contribution in [0.4, 0.5) is 11.4 Å². The van der Waals surface area contributed by atoms with Crippen molar-refractivity contribution in [1.82, 2.24) is 0 Å². The maximum atomic E-state index is 12.5. The van der Waals surface area contributed by atoms with Gasteiger partial charge in [-0.1, -0.05) is 35.4 Å². The zero-order valence-electron chi connectivity index (χ0n) is 14.1. The van der Waals surface area contributed by atoms with Crippen LogP contribution in [0.3, 0.4) is 0 Å². The Hall–Kier alpha value is -2.50. The average Bonchev–Trinajstić information content (AvgIpc) is 3.10. The number of hydrogen-bond donors (Lipinski definition) is 3. The highest BCUT2D eigenvalue weighted by Gasteiger charge is 2.40. The predicted octanol–water partition coefficient (Wildman–Crippen LogP) is 4.78. The number of carboxylic acid groups (broad SMARTS) is 1. The summed E-state index contributed by atoms with van der Waals surface area (Å²) in [7, 11) is 0. The van der Waals surface area contributed by atoms with E-state index in [1.165, 1.54) is 6.07 Å². The molecule has 0 saturated heterocycles. The first-order chi connectivity index (χ1) is 12.9. The number of amides is 1. The molecule has 0 aromatic heterocycles. The first kappa shape index (κ1) is 17.9. The number of allylic oxidation sites excluding steroid dienone is 2. The molecule has 138 valence electrons. The molecular formula is C20H16Cl2N2O3. The number of rotatable bonds is 3. The molecule has 0 unspecified atom stereocenters. The molecule has 0 fully saturated rings. The number of hydrogen-bond acceptors (Lipinski definition) is 3. The number of carbonyl (C=O) groups is 2. The van der Waals surface area contributed by atoms with Crippen molar-refractivity contribution in [2.75, 3.05) is 10.6 Å². The van der Waals surface area contributed by atoms with Crippen molar-refractivity contribution in [2.45, 2.75) is 18.4 Å². The summed E-state index contributed by atoms with van der Waals surface area (Å²) in [6.07, 6.45) is 4.77. The first-order valence-corrected chi connectivity index (χ1v) is 9.26. The molecule has 0 saturated carbocycles. The van der Waals surface area contributed by atoms with E-state index in [2.05, 4.69) is 10.6 Å². The summed E-state index contributed by atoms with van der Waals surface area (Å²) in [5.41, 5.74) is 2.71. The highest BCUT2D eigenvalue weighted by molar-refractivity contribution is 6.37. The Morgan fingerprint density at radius 2 is 1.96 bits per heavy atom. The third-order valence-electron chi connectivity index (χ3n) is 5.06. The Morgan fingerprint density at radius 1 is 1.15 bits per heavy atom. The van der Waals surface area contributed by atoms with E-state index in [4.69, 9.17) is 23.2 Å². The van der Waals surface area contributed by atoms with Crippen molar-refractivity contribution < 1.29 is 14.7 Å². The van der Waals surface area contributed by atoms with Crippen LogP contribution in [0, 0.1) is 5.92 Å². The zero-order chi connectivity index (χ0) is 19.1. The van der Waals surface area contributed by atoms with Gasteiger partial charge in [0.15, 0.2) is 0 Å². The van der Waals surface area contributed by atoms with Gasteiger partial charge in [0.05, 0.1) is 10.6 Å². The minimum atomic E-state index is -0.853. The van der Waals surface area contributed by atoms with Crippen molar-refractivity contribution >= 4 is 46.5 Å². The lowest BCUT2D eigenvalue weighted by Crippen LogP contribution is -2.41. The fourth-order valence-corrected chi connectivity index (χ4v) is 4.28.